The molecular weight excluding hydrogens is 360 g/mol. The van der Waals surface area contributed by atoms with Crippen molar-refractivity contribution in [3.63, 3.8) is 0 Å². The number of aromatic amines is 1. The van der Waals surface area contributed by atoms with Crippen molar-refractivity contribution in [1.29, 1.82) is 0 Å². The predicted molar refractivity (Wildman–Crippen MR) is 91.8 cm³/mol. The summed E-state index contributed by atoms with van der Waals surface area (Å²) in [5.41, 5.74) is 0.769. The van der Waals surface area contributed by atoms with Crippen molar-refractivity contribution in [2.45, 2.75) is 0 Å². The third kappa shape index (κ3) is 3.61. The topological polar surface area (TPSA) is 104 Å². The maximum absolute atomic E-state index is 14.0. The minimum Gasteiger partial charge on any atom is -0.494 e. The monoisotopic (exact) mass is 373 g/mol. The number of carboxylic acid groups (broad SMARTS) is 1. The number of hydrogen-bond donors (Lipinski definition) is 3. The van der Waals surface area contributed by atoms with Crippen LogP contribution in [0.1, 0.15) is 20.7 Å². The molecule has 0 saturated heterocycles. The first-order chi connectivity index (χ1) is 12.9. The third-order valence-electron chi connectivity index (χ3n) is 3.77. The summed E-state index contributed by atoms with van der Waals surface area (Å²) < 4.78 is 32.4. The number of aromatic carboxylic acids is 1. The number of nitrogens with one attached hydrogen (secondary N) is 2. The van der Waals surface area contributed by atoms with Gasteiger partial charge < -0.3 is 15.2 Å². The van der Waals surface area contributed by atoms with Gasteiger partial charge in [-0.1, -0.05) is 12.1 Å². The Balaban J connectivity index is 1.78. The molecule has 27 heavy (non-hydrogen) atoms. The number of aromatic nitrogens is 2. The Morgan fingerprint density at radius 2 is 1.81 bits per heavy atom. The van der Waals surface area contributed by atoms with Crippen LogP contribution >= 0.6 is 0 Å². The second-order valence-corrected chi connectivity index (χ2v) is 5.45. The average Bonchev–Trinajstić information content (AvgIpc) is 3.12. The van der Waals surface area contributed by atoms with Crippen LogP contribution in [0.3, 0.4) is 0 Å². The minimum absolute atomic E-state index is 0.0907. The van der Waals surface area contributed by atoms with E-state index in [2.05, 4.69) is 20.3 Å². The number of carboxylic acids is 1. The van der Waals surface area contributed by atoms with E-state index >= 15 is 0 Å². The molecule has 2 aromatic carbocycles. The highest BCUT2D eigenvalue weighted by Crippen LogP contribution is 2.24. The fourth-order valence-corrected chi connectivity index (χ4v) is 2.37. The van der Waals surface area contributed by atoms with Crippen LogP contribution in [0.25, 0.3) is 11.3 Å². The zero-order valence-electron chi connectivity index (χ0n) is 13.9. The summed E-state index contributed by atoms with van der Waals surface area (Å²) in [4.78, 5) is 23.0. The molecule has 1 aromatic heterocycles. The average molecular weight is 373 g/mol. The Morgan fingerprint density at radius 1 is 1.11 bits per heavy atom. The lowest BCUT2D eigenvalue weighted by molar-refractivity contribution is 0.0696. The Labute approximate surface area is 151 Å². The molecule has 0 aliphatic heterocycles. The molecule has 0 aliphatic rings. The molecule has 3 rings (SSSR count). The van der Waals surface area contributed by atoms with Crippen molar-refractivity contribution in [2.24, 2.45) is 0 Å². The highest BCUT2D eigenvalue weighted by atomic mass is 19.2. The fraction of sp³-hybridized carbons (Fsp3) is 0.0556. The van der Waals surface area contributed by atoms with Gasteiger partial charge >= 0.3 is 5.97 Å². The number of methoxy groups -OCH3 is 1. The van der Waals surface area contributed by atoms with Crippen LogP contribution in [0.4, 0.5) is 14.6 Å². The maximum Gasteiger partial charge on any atom is 0.335 e. The standard InChI is InChI=1S/C18H13F2N3O4/c1-27-13-7-6-11(15(19)16(13)20)17(24)21-14-8-12(22-23-14)9-2-4-10(5-3-9)18(25)26/h2-8H,1H3,(H,25,26)(H2,21,22,23,24). The van der Waals surface area contributed by atoms with Gasteiger partial charge in [-0.2, -0.15) is 9.49 Å². The number of H-pyrrole nitrogens is 1. The molecule has 7 nitrogen and oxygen atoms in total. The Hall–Kier alpha value is -3.75. The zero-order chi connectivity index (χ0) is 19.6. The lowest BCUT2D eigenvalue weighted by Gasteiger charge is -2.07. The SMILES string of the molecule is COc1ccc(C(=O)Nc2cc(-c3ccc(C(=O)O)cc3)[nH]n2)c(F)c1F. The van der Waals surface area contributed by atoms with Crippen molar-refractivity contribution < 1.29 is 28.2 Å². The van der Waals surface area contributed by atoms with Gasteiger partial charge in [0.2, 0.25) is 5.82 Å². The van der Waals surface area contributed by atoms with Gasteiger partial charge in [0.05, 0.1) is 23.9 Å². The van der Waals surface area contributed by atoms with Crippen LogP contribution in [0.5, 0.6) is 5.75 Å². The first kappa shape index (κ1) is 18.1. The summed E-state index contributed by atoms with van der Waals surface area (Å²) in [6, 6.07) is 9.71. The molecular formula is C18H13F2N3O4. The largest absolute Gasteiger partial charge is 0.494 e. The number of nitrogens with zero attached hydrogens (tertiary/aromatic N) is 1. The zero-order valence-corrected chi connectivity index (χ0v) is 13.9. The smallest absolute Gasteiger partial charge is 0.335 e. The van der Waals surface area contributed by atoms with Gasteiger partial charge in [-0.15, -0.1) is 0 Å². The van der Waals surface area contributed by atoms with Gasteiger partial charge in [-0.05, 0) is 29.8 Å². The predicted octanol–water partition coefficient (Wildman–Crippen LogP) is 3.31. The van der Waals surface area contributed by atoms with Crippen LogP contribution < -0.4 is 10.1 Å². The summed E-state index contributed by atoms with van der Waals surface area (Å²) in [6.07, 6.45) is 0. The molecule has 9 heteroatoms. The molecule has 0 spiro atoms. The molecule has 1 heterocycles. The second-order valence-electron chi connectivity index (χ2n) is 5.45. The van der Waals surface area contributed by atoms with E-state index in [9.17, 15) is 18.4 Å². The molecule has 0 fully saturated rings. The van der Waals surface area contributed by atoms with Crippen LogP contribution in [0.15, 0.2) is 42.5 Å². The highest BCUT2D eigenvalue weighted by molar-refractivity contribution is 6.04. The van der Waals surface area contributed by atoms with E-state index in [0.29, 0.717) is 11.3 Å². The summed E-state index contributed by atoms with van der Waals surface area (Å²) in [5, 5.41) is 17.8. The molecule has 0 radical (unpaired) electrons. The molecule has 0 saturated carbocycles. The van der Waals surface area contributed by atoms with Crippen molar-refractivity contribution in [3.05, 3.63) is 65.2 Å². The molecule has 3 N–H and O–H groups in total. The first-order valence-electron chi connectivity index (χ1n) is 7.63. The van der Waals surface area contributed by atoms with Crippen molar-refractivity contribution in [2.75, 3.05) is 12.4 Å². The van der Waals surface area contributed by atoms with Crippen LogP contribution in [0, 0.1) is 11.6 Å². The van der Waals surface area contributed by atoms with Gasteiger partial charge in [0.25, 0.3) is 5.91 Å². The van der Waals surface area contributed by atoms with Gasteiger partial charge in [0.15, 0.2) is 17.4 Å². The van der Waals surface area contributed by atoms with Gasteiger partial charge in [0, 0.05) is 6.07 Å². The van der Waals surface area contributed by atoms with Crippen molar-refractivity contribution in [3.8, 4) is 17.0 Å². The molecule has 138 valence electrons. The number of rotatable bonds is 5. The summed E-state index contributed by atoms with van der Waals surface area (Å²) in [6.45, 7) is 0. The third-order valence-corrected chi connectivity index (χ3v) is 3.77. The van der Waals surface area contributed by atoms with E-state index in [4.69, 9.17) is 5.11 Å². The Morgan fingerprint density at radius 3 is 2.44 bits per heavy atom. The summed E-state index contributed by atoms with van der Waals surface area (Å²) >= 11 is 0. The van der Waals surface area contributed by atoms with E-state index < -0.39 is 29.1 Å². The second kappa shape index (κ2) is 7.24. The Kier molecular flexibility index (Phi) is 4.84. The molecule has 0 unspecified atom stereocenters. The van der Waals surface area contributed by atoms with E-state index in [1.165, 1.54) is 25.3 Å². The molecule has 0 atom stereocenters. The fourth-order valence-electron chi connectivity index (χ4n) is 2.37. The molecule has 0 bridgehead atoms. The van der Waals surface area contributed by atoms with Crippen LogP contribution in [-0.2, 0) is 0 Å². The van der Waals surface area contributed by atoms with Crippen LogP contribution in [0.2, 0.25) is 0 Å². The number of amides is 1. The quantitative estimate of drug-likeness (QED) is 0.636. The number of benzene rings is 2. The summed E-state index contributed by atoms with van der Waals surface area (Å²) in [5.74, 6) is -4.73. The number of carbonyl (C=O) groups is 2. The lowest BCUT2D eigenvalue weighted by atomic mass is 10.1. The van der Waals surface area contributed by atoms with Crippen molar-refractivity contribution >= 4 is 17.7 Å². The minimum atomic E-state index is -1.33. The van der Waals surface area contributed by atoms with Gasteiger partial charge in [0.1, 0.15) is 0 Å². The van der Waals surface area contributed by atoms with E-state index in [-0.39, 0.29) is 17.1 Å². The molecule has 3 aromatic rings. The number of carbonyl (C=O) groups excluding carboxylic acids is 1. The normalized spacial score (nSPS) is 10.5. The maximum atomic E-state index is 14.0. The number of ether oxygens (including phenoxy) is 1. The van der Waals surface area contributed by atoms with Crippen molar-refractivity contribution in [1.82, 2.24) is 10.2 Å². The first-order valence-corrected chi connectivity index (χ1v) is 7.63. The van der Waals surface area contributed by atoms with E-state index in [1.54, 1.807) is 12.1 Å². The number of halogens is 2. The highest BCUT2D eigenvalue weighted by Gasteiger charge is 2.20. The Bertz CT molecular complexity index is 1020. The van der Waals surface area contributed by atoms with E-state index in [1.807, 2.05) is 0 Å². The molecule has 0 aliphatic carbocycles. The number of anilines is 1. The molecule has 1 amide bonds. The van der Waals surface area contributed by atoms with E-state index in [0.717, 1.165) is 12.1 Å². The lowest BCUT2D eigenvalue weighted by Crippen LogP contribution is -2.15. The van der Waals surface area contributed by atoms with Gasteiger partial charge in [-0.25, -0.2) is 9.18 Å². The number of hydrogen-bond acceptors (Lipinski definition) is 4. The van der Waals surface area contributed by atoms with Crippen LogP contribution in [-0.4, -0.2) is 34.3 Å². The summed E-state index contributed by atoms with van der Waals surface area (Å²) in [7, 11) is 1.19. The van der Waals surface area contributed by atoms with Gasteiger partial charge in [-0.3, -0.25) is 9.89 Å².